The number of carboxylic acids is 1. The molecule has 0 saturated carbocycles. The zero-order valence-electron chi connectivity index (χ0n) is 15.1. The van der Waals surface area contributed by atoms with E-state index in [-0.39, 0.29) is 28.3 Å². The van der Waals surface area contributed by atoms with Gasteiger partial charge in [-0.2, -0.15) is 0 Å². The van der Waals surface area contributed by atoms with E-state index in [1.807, 2.05) is 0 Å². The Bertz CT molecular complexity index is 988. The number of rotatable bonds is 7. The van der Waals surface area contributed by atoms with Crippen molar-refractivity contribution in [3.05, 3.63) is 53.7 Å². The van der Waals surface area contributed by atoms with E-state index in [1.54, 1.807) is 0 Å². The number of hydrogen-bond donors (Lipinski definition) is 1. The fourth-order valence-corrected chi connectivity index (χ4v) is 4.04. The lowest BCUT2D eigenvalue weighted by Gasteiger charge is -2.18. The zero-order valence-corrected chi connectivity index (χ0v) is 16.7. The van der Waals surface area contributed by atoms with Gasteiger partial charge < -0.3 is 5.11 Å². The molecule has 3 rings (SSSR count). The Balaban J connectivity index is 1.76. The molecule has 0 unspecified atom stereocenters. The second kappa shape index (κ2) is 8.65. The maximum absolute atomic E-state index is 13.4. The number of thioether (sulfide) groups is 1. The van der Waals surface area contributed by atoms with E-state index in [2.05, 4.69) is 4.98 Å². The first kappa shape index (κ1) is 22.1. The fraction of sp³-hybridized carbons (Fsp3) is 0.263. The van der Waals surface area contributed by atoms with Crippen molar-refractivity contribution in [3.63, 3.8) is 0 Å². The minimum Gasteiger partial charge on any atom is -0.478 e. The van der Waals surface area contributed by atoms with Gasteiger partial charge in [0.2, 0.25) is 17.4 Å². The summed E-state index contributed by atoms with van der Waals surface area (Å²) < 4.78 is 39.6. The van der Waals surface area contributed by atoms with Crippen LogP contribution in [0.5, 0.6) is 0 Å². The molecule has 1 aliphatic heterocycles. The first-order valence-corrected chi connectivity index (χ1v) is 9.88. The Morgan fingerprint density at radius 2 is 1.97 bits per heavy atom. The summed E-state index contributed by atoms with van der Waals surface area (Å²) in [6.45, 7) is 0. The highest BCUT2D eigenvalue weighted by atomic mass is 35.5. The van der Waals surface area contributed by atoms with Gasteiger partial charge in [0.25, 0.3) is 5.92 Å². The Hall–Kier alpha value is -2.59. The molecule has 2 atom stereocenters. The van der Waals surface area contributed by atoms with Gasteiger partial charge in [0.1, 0.15) is 5.03 Å². The van der Waals surface area contributed by atoms with E-state index in [0.29, 0.717) is 0 Å². The highest BCUT2D eigenvalue weighted by molar-refractivity contribution is 8.00. The molecular formula is C19H14ClF3N2O4S. The summed E-state index contributed by atoms with van der Waals surface area (Å²) in [4.78, 5) is 41.3. The van der Waals surface area contributed by atoms with Gasteiger partial charge in [0, 0.05) is 19.0 Å². The number of halogens is 4. The summed E-state index contributed by atoms with van der Waals surface area (Å²) in [5.74, 6) is -6.06. The van der Waals surface area contributed by atoms with E-state index < -0.39 is 41.0 Å². The van der Waals surface area contributed by atoms with Gasteiger partial charge in [-0.05, 0) is 29.8 Å². The summed E-state index contributed by atoms with van der Waals surface area (Å²) >= 11 is 5.72. The maximum Gasteiger partial charge on any atom is 0.338 e. The molecular weight excluding hydrogens is 445 g/mol. The van der Waals surface area contributed by atoms with Crippen molar-refractivity contribution in [2.24, 2.45) is 0 Å². The summed E-state index contributed by atoms with van der Waals surface area (Å²) in [5.41, 5.74) is -2.67. The number of carboxylic acid groups (broad SMARTS) is 1. The van der Waals surface area contributed by atoms with Crippen molar-refractivity contribution >= 4 is 46.8 Å². The minimum absolute atomic E-state index is 0.0802. The lowest BCUT2D eigenvalue weighted by atomic mass is 10.1. The number of aromatic carboxylic acids is 1. The fourth-order valence-electron chi connectivity index (χ4n) is 2.86. The number of nitrogens with zero attached hydrogens (tertiary/aromatic N) is 2. The molecule has 1 aromatic carbocycles. The number of alkyl halides is 4. The van der Waals surface area contributed by atoms with Gasteiger partial charge in [-0.15, -0.1) is 0 Å². The van der Waals surface area contributed by atoms with Crippen LogP contribution in [0, 0.1) is 0 Å². The number of imide groups is 1. The predicted molar refractivity (Wildman–Crippen MR) is 104 cm³/mol. The third kappa shape index (κ3) is 4.59. The summed E-state index contributed by atoms with van der Waals surface area (Å²) in [6.07, 6.45) is 0.274. The lowest BCUT2D eigenvalue weighted by Crippen LogP contribution is -2.31. The van der Waals surface area contributed by atoms with Crippen LogP contribution in [0.15, 0.2) is 47.6 Å². The Labute approximate surface area is 178 Å². The van der Waals surface area contributed by atoms with Crippen LogP contribution in [-0.2, 0) is 16.0 Å². The first-order chi connectivity index (χ1) is 14.1. The molecule has 30 heavy (non-hydrogen) atoms. The molecule has 1 aliphatic rings. The first-order valence-electron chi connectivity index (χ1n) is 8.57. The molecule has 0 aliphatic carbocycles. The van der Waals surface area contributed by atoms with Crippen LogP contribution in [0.25, 0.3) is 0 Å². The molecule has 0 spiro atoms. The summed E-state index contributed by atoms with van der Waals surface area (Å²) in [5, 5.41) is 8.46. The highest BCUT2D eigenvalue weighted by Gasteiger charge is 2.41. The van der Waals surface area contributed by atoms with Crippen molar-refractivity contribution in [3.8, 4) is 0 Å². The normalized spacial score (nSPS) is 18.0. The van der Waals surface area contributed by atoms with Crippen molar-refractivity contribution in [2.45, 2.75) is 34.7 Å². The minimum atomic E-state index is -3.76. The molecule has 0 bridgehead atoms. The smallest absolute Gasteiger partial charge is 0.338 e. The maximum atomic E-state index is 13.4. The standard InChI is InChI=1S/C19H14ClF3N2O4S/c20-18(21)19(22,23)9-10-3-5-11(6-4-10)25-14(26)8-13(16(25)27)30-15-12(17(28)29)2-1-7-24-15/h1-7,13,18H,8-9H2,(H,28,29)/t13-,18-/m1/s1. The van der Waals surface area contributed by atoms with Gasteiger partial charge >= 0.3 is 5.97 Å². The molecule has 158 valence electrons. The van der Waals surface area contributed by atoms with E-state index in [0.717, 1.165) is 16.7 Å². The monoisotopic (exact) mass is 458 g/mol. The van der Waals surface area contributed by atoms with E-state index in [4.69, 9.17) is 11.6 Å². The second-order valence-electron chi connectivity index (χ2n) is 6.44. The number of hydrogen-bond acceptors (Lipinski definition) is 5. The van der Waals surface area contributed by atoms with Crippen molar-refractivity contribution in [1.29, 1.82) is 0 Å². The van der Waals surface area contributed by atoms with Gasteiger partial charge in [0.15, 0.2) is 0 Å². The third-order valence-corrected chi connectivity index (χ3v) is 5.83. The topological polar surface area (TPSA) is 87.6 Å². The van der Waals surface area contributed by atoms with E-state index in [9.17, 15) is 32.7 Å². The van der Waals surface area contributed by atoms with Crippen molar-refractivity contribution in [1.82, 2.24) is 4.98 Å². The average molecular weight is 459 g/mol. The molecule has 1 saturated heterocycles. The highest BCUT2D eigenvalue weighted by Crippen LogP contribution is 2.35. The Morgan fingerprint density at radius 1 is 1.30 bits per heavy atom. The zero-order chi connectivity index (χ0) is 22.1. The van der Waals surface area contributed by atoms with Crippen molar-refractivity contribution in [2.75, 3.05) is 4.90 Å². The van der Waals surface area contributed by atoms with Crippen LogP contribution in [0.3, 0.4) is 0 Å². The number of anilines is 1. The number of amides is 2. The summed E-state index contributed by atoms with van der Waals surface area (Å²) in [6, 6.07) is 7.91. The summed E-state index contributed by atoms with van der Waals surface area (Å²) in [7, 11) is 0. The van der Waals surface area contributed by atoms with Crippen LogP contribution in [0.4, 0.5) is 18.9 Å². The van der Waals surface area contributed by atoms with Crippen LogP contribution in [-0.4, -0.2) is 44.7 Å². The van der Waals surface area contributed by atoms with Gasteiger partial charge in [0.05, 0.1) is 16.5 Å². The number of carbonyl (C=O) groups is 3. The number of aromatic nitrogens is 1. The SMILES string of the molecule is O=C(O)c1cccnc1S[C@@H]1CC(=O)N(c2ccc(CC(F)(F)[C@@H](F)Cl)cc2)C1=O. The third-order valence-electron chi connectivity index (χ3n) is 4.31. The average Bonchev–Trinajstić information content (AvgIpc) is 2.95. The Kier molecular flexibility index (Phi) is 6.37. The molecule has 1 aromatic heterocycles. The lowest BCUT2D eigenvalue weighted by molar-refractivity contribution is -0.121. The molecule has 2 amide bonds. The van der Waals surface area contributed by atoms with Crippen LogP contribution < -0.4 is 4.90 Å². The molecule has 6 nitrogen and oxygen atoms in total. The van der Waals surface area contributed by atoms with Crippen LogP contribution >= 0.6 is 23.4 Å². The van der Waals surface area contributed by atoms with Crippen LogP contribution in [0.1, 0.15) is 22.3 Å². The number of carbonyl (C=O) groups excluding carboxylic acids is 2. The predicted octanol–water partition coefficient (Wildman–Crippen LogP) is 3.92. The molecule has 0 radical (unpaired) electrons. The van der Waals surface area contributed by atoms with E-state index in [1.165, 1.54) is 42.6 Å². The molecule has 2 aromatic rings. The molecule has 1 fully saturated rings. The van der Waals surface area contributed by atoms with Gasteiger partial charge in [-0.1, -0.05) is 35.5 Å². The van der Waals surface area contributed by atoms with Crippen LogP contribution in [0.2, 0.25) is 0 Å². The molecule has 2 heterocycles. The second-order valence-corrected chi connectivity index (χ2v) is 8.02. The quantitative estimate of drug-likeness (QED) is 0.500. The largest absolute Gasteiger partial charge is 0.478 e. The van der Waals surface area contributed by atoms with Gasteiger partial charge in [-0.25, -0.2) is 27.8 Å². The Morgan fingerprint density at radius 3 is 2.57 bits per heavy atom. The number of pyridine rings is 1. The molecule has 1 N–H and O–H groups in total. The number of benzene rings is 1. The van der Waals surface area contributed by atoms with Gasteiger partial charge in [-0.3, -0.25) is 9.59 Å². The van der Waals surface area contributed by atoms with Crippen molar-refractivity contribution < 1.29 is 32.7 Å². The van der Waals surface area contributed by atoms with E-state index >= 15 is 0 Å². The molecule has 11 heteroatoms.